The second kappa shape index (κ2) is 3.50. The van der Waals surface area contributed by atoms with Crippen molar-refractivity contribution >= 4 is 0 Å². The molecule has 15 heavy (non-hydrogen) atoms. The maximum Gasteiger partial charge on any atom is -0.0106 e. The Morgan fingerprint density at radius 2 is 1.40 bits per heavy atom. The lowest BCUT2D eigenvalue weighted by molar-refractivity contribution is 0.371. The first-order valence-corrected chi connectivity index (χ1v) is 6.30. The molecule has 0 aliphatic heterocycles. The summed E-state index contributed by atoms with van der Waals surface area (Å²) in [5.74, 6) is 3.44. The average molecular weight is 204 g/mol. The predicted octanol–water partition coefficient (Wildman–Crippen LogP) is 4.58. The van der Waals surface area contributed by atoms with Crippen LogP contribution >= 0.6 is 0 Å². The first kappa shape index (κ1) is 11.0. The molecule has 1 fully saturated rings. The fraction of sp³-hybridized carbons (Fsp3) is 0.733. The van der Waals surface area contributed by atoms with Gasteiger partial charge in [-0.2, -0.15) is 0 Å². The van der Waals surface area contributed by atoms with E-state index in [0.29, 0.717) is 0 Å². The molecule has 2 aliphatic carbocycles. The summed E-state index contributed by atoms with van der Waals surface area (Å²) >= 11 is 0. The number of fused-ring (bicyclic) bond motifs is 1. The number of rotatable bonds is 0. The molecule has 4 unspecified atom stereocenters. The molecule has 0 N–H and O–H groups in total. The Hall–Kier alpha value is -0.520. The zero-order chi connectivity index (χ0) is 11.3. The van der Waals surface area contributed by atoms with Gasteiger partial charge in [0.25, 0.3) is 0 Å². The van der Waals surface area contributed by atoms with Crippen LogP contribution in [0.25, 0.3) is 0 Å². The monoisotopic (exact) mass is 204 g/mol. The van der Waals surface area contributed by atoms with Gasteiger partial charge in [-0.25, -0.2) is 0 Å². The van der Waals surface area contributed by atoms with E-state index >= 15 is 0 Å². The molecule has 0 bridgehead atoms. The minimum Gasteiger partial charge on any atom is -0.0664 e. The lowest BCUT2D eigenvalue weighted by Gasteiger charge is -2.33. The van der Waals surface area contributed by atoms with Crippen molar-refractivity contribution in [2.45, 2.75) is 48.0 Å². The lowest BCUT2D eigenvalue weighted by Crippen LogP contribution is -2.22. The molecule has 0 amide bonds. The van der Waals surface area contributed by atoms with Crippen molar-refractivity contribution in [3.63, 3.8) is 0 Å². The van der Waals surface area contributed by atoms with Crippen molar-refractivity contribution < 1.29 is 0 Å². The van der Waals surface area contributed by atoms with Gasteiger partial charge in [-0.15, -0.1) is 0 Å². The van der Waals surface area contributed by atoms with E-state index in [0.717, 1.165) is 23.7 Å². The second-order valence-electron chi connectivity index (χ2n) is 5.82. The van der Waals surface area contributed by atoms with E-state index in [1.165, 1.54) is 6.42 Å². The van der Waals surface area contributed by atoms with Crippen LogP contribution in [0.2, 0.25) is 0 Å². The van der Waals surface area contributed by atoms with Crippen molar-refractivity contribution in [3.05, 3.63) is 22.3 Å². The van der Waals surface area contributed by atoms with Crippen LogP contribution in [0.3, 0.4) is 0 Å². The van der Waals surface area contributed by atoms with Crippen LogP contribution < -0.4 is 0 Å². The summed E-state index contributed by atoms with van der Waals surface area (Å²) in [5, 5.41) is 0. The molecule has 0 nitrogen and oxygen atoms in total. The normalized spacial score (nSPS) is 41.2. The molecule has 0 aromatic heterocycles. The zero-order valence-corrected chi connectivity index (χ0v) is 11.0. The van der Waals surface area contributed by atoms with Gasteiger partial charge in [-0.05, 0) is 68.9 Å². The molecule has 1 saturated carbocycles. The second-order valence-corrected chi connectivity index (χ2v) is 5.82. The van der Waals surface area contributed by atoms with Gasteiger partial charge >= 0.3 is 0 Å². The van der Waals surface area contributed by atoms with E-state index in [9.17, 15) is 0 Å². The third-order valence-electron chi connectivity index (χ3n) is 5.32. The van der Waals surface area contributed by atoms with Gasteiger partial charge in [0.2, 0.25) is 0 Å². The summed E-state index contributed by atoms with van der Waals surface area (Å²) in [7, 11) is 0. The van der Waals surface area contributed by atoms with E-state index in [4.69, 9.17) is 0 Å². The quantitative estimate of drug-likeness (QED) is 0.542. The number of hydrogen-bond donors (Lipinski definition) is 0. The molecule has 0 saturated heterocycles. The topological polar surface area (TPSA) is 0 Å². The standard InChI is InChI=1S/C15H24/c1-8-7-14-12(5)10(3)11(4)13(6)15(14)9(8)2/h8-9,14-15H,7H2,1-6H3. The van der Waals surface area contributed by atoms with Crippen LogP contribution in [0.1, 0.15) is 48.0 Å². The molecule has 0 heteroatoms. The van der Waals surface area contributed by atoms with E-state index in [-0.39, 0.29) is 0 Å². The van der Waals surface area contributed by atoms with Crippen LogP contribution in [0, 0.1) is 23.7 Å². The highest BCUT2D eigenvalue weighted by atomic mass is 14.5. The van der Waals surface area contributed by atoms with E-state index in [2.05, 4.69) is 41.5 Å². The Kier molecular flexibility index (Phi) is 2.56. The van der Waals surface area contributed by atoms with Crippen molar-refractivity contribution in [1.29, 1.82) is 0 Å². The maximum atomic E-state index is 2.44. The predicted molar refractivity (Wildman–Crippen MR) is 66.7 cm³/mol. The Balaban J connectivity index is 2.48. The van der Waals surface area contributed by atoms with Crippen LogP contribution in [0.4, 0.5) is 0 Å². The van der Waals surface area contributed by atoms with E-state index in [1.807, 2.05) is 0 Å². The van der Waals surface area contributed by atoms with Crippen molar-refractivity contribution in [2.75, 3.05) is 0 Å². The molecular weight excluding hydrogens is 180 g/mol. The molecule has 4 atom stereocenters. The molecular formula is C15H24. The molecule has 0 spiro atoms. The van der Waals surface area contributed by atoms with Gasteiger partial charge in [0, 0.05) is 0 Å². The third-order valence-corrected chi connectivity index (χ3v) is 5.32. The lowest BCUT2D eigenvalue weighted by atomic mass is 9.72. The summed E-state index contributed by atoms with van der Waals surface area (Å²) in [6.45, 7) is 14.2. The minimum atomic E-state index is 0.837. The molecule has 0 aromatic carbocycles. The molecule has 84 valence electrons. The first-order valence-electron chi connectivity index (χ1n) is 6.30. The van der Waals surface area contributed by atoms with Crippen LogP contribution in [0.5, 0.6) is 0 Å². The summed E-state index contributed by atoms with van der Waals surface area (Å²) in [5.41, 5.74) is 6.46. The van der Waals surface area contributed by atoms with E-state index in [1.54, 1.807) is 22.3 Å². The van der Waals surface area contributed by atoms with Gasteiger partial charge in [-0.3, -0.25) is 0 Å². The highest BCUT2D eigenvalue weighted by Gasteiger charge is 2.42. The Labute approximate surface area is 94.5 Å². The van der Waals surface area contributed by atoms with Crippen LogP contribution in [0.15, 0.2) is 22.3 Å². The molecule has 0 heterocycles. The molecule has 0 aromatic rings. The average Bonchev–Trinajstić information content (AvgIpc) is 2.50. The molecule has 0 radical (unpaired) electrons. The maximum absolute atomic E-state index is 2.44. The number of hydrogen-bond acceptors (Lipinski definition) is 0. The SMILES string of the molecule is CC1=C(C)C2CC(C)C(C)C2C(C)=C1C. The van der Waals surface area contributed by atoms with Crippen LogP contribution in [-0.4, -0.2) is 0 Å². The smallest absolute Gasteiger partial charge is 0.0106 e. The summed E-state index contributed by atoms with van der Waals surface area (Å²) in [6.07, 6.45) is 1.40. The van der Waals surface area contributed by atoms with E-state index < -0.39 is 0 Å². The summed E-state index contributed by atoms with van der Waals surface area (Å²) in [6, 6.07) is 0. The molecule has 2 rings (SSSR count). The third kappa shape index (κ3) is 1.41. The van der Waals surface area contributed by atoms with Gasteiger partial charge in [0.1, 0.15) is 0 Å². The van der Waals surface area contributed by atoms with Crippen molar-refractivity contribution in [1.82, 2.24) is 0 Å². The van der Waals surface area contributed by atoms with Crippen LogP contribution in [-0.2, 0) is 0 Å². The Bertz CT molecular complexity index is 343. The van der Waals surface area contributed by atoms with Gasteiger partial charge in [0.05, 0.1) is 0 Å². The highest BCUT2D eigenvalue weighted by molar-refractivity contribution is 5.42. The zero-order valence-electron chi connectivity index (χ0n) is 11.0. The van der Waals surface area contributed by atoms with Crippen molar-refractivity contribution in [2.24, 2.45) is 23.7 Å². The highest BCUT2D eigenvalue weighted by Crippen LogP contribution is 2.52. The molecule has 2 aliphatic rings. The summed E-state index contributed by atoms with van der Waals surface area (Å²) < 4.78 is 0. The van der Waals surface area contributed by atoms with Crippen molar-refractivity contribution in [3.8, 4) is 0 Å². The largest absolute Gasteiger partial charge is 0.0664 e. The van der Waals surface area contributed by atoms with Gasteiger partial charge in [0.15, 0.2) is 0 Å². The Morgan fingerprint density at radius 1 is 0.867 bits per heavy atom. The fourth-order valence-electron chi connectivity index (χ4n) is 3.74. The number of allylic oxidation sites excluding steroid dienone is 4. The van der Waals surface area contributed by atoms with Gasteiger partial charge < -0.3 is 0 Å². The first-order chi connectivity index (χ1) is 6.95. The fourth-order valence-corrected chi connectivity index (χ4v) is 3.74. The Morgan fingerprint density at radius 3 is 2.00 bits per heavy atom. The van der Waals surface area contributed by atoms with Gasteiger partial charge in [-0.1, -0.05) is 25.0 Å². The minimum absolute atomic E-state index is 0.837. The summed E-state index contributed by atoms with van der Waals surface area (Å²) in [4.78, 5) is 0.